The molecule has 1 fully saturated rings. The lowest BCUT2D eigenvalue weighted by molar-refractivity contribution is -0.123. The predicted molar refractivity (Wildman–Crippen MR) is 135 cm³/mol. The van der Waals surface area contributed by atoms with Crippen LogP contribution in [0.1, 0.15) is 16.7 Å². The van der Waals surface area contributed by atoms with Crippen LogP contribution in [0.15, 0.2) is 70.5 Å². The Morgan fingerprint density at radius 2 is 1.78 bits per heavy atom. The van der Waals surface area contributed by atoms with Crippen LogP contribution in [0.2, 0.25) is 5.02 Å². The molecule has 0 aromatic heterocycles. The number of rotatable bonds is 6. The van der Waals surface area contributed by atoms with E-state index < -0.39 is 21.3 Å². The topological polar surface area (TPSA) is 99.2 Å². The van der Waals surface area contributed by atoms with Gasteiger partial charge in [0.25, 0.3) is 11.1 Å². The average molecular weight is 544 g/mol. The lowest BCUT2D eigenvalue weighted by atomic mass is 10.1. The second-order valence-electron chi connectivity index (χ2n) is 7.99. The molecule has 0 bridgehead atoms. The molecule has 0 unspecified atom stereocenters. The van der Waals surface area contributed by atoms with Crippen LogP contribution in [-0.2, 0) is 21.5 Å². The minimum Gasteiger partial charge on any atom is -0.454 e. The van der Waals surface area contributed by atoms with Crippen LogP contribution in [0.4, 0.5) is 4.79 Å². The zero-order chi connectivity index (χ0) is 25.4. The van der Waals surface area contributed by atoms with E-state index in [1.165, 1.54) is 30.3 Å². The van der Waals surface area contributed by atoms with Gasteiger partial charge in [-0.15, -0.1) is 0 Å². The Bertz CT molecular complexity index is 1520. The van der Waals surface area contributed by atoms with Crippen molar-refractivity contribution in [3.05, 3.63) is 87.3 Å². The number of thioether (sulfide) groups is 1. The minimum absolute atomic E-state index is 0.0294. The first-order valence-electron chi connectivity index (χ1n) is 10.6. The fraction of sp³-hybridized carbons (Fsp3) is 0.120. The number of ether oxygens (including phenoxy) is 2. The van der Waals surface area contributed by atoms with Crippen LogP contribution in [0.3, 0.4) is 0 Å². The summed E-state index contributed by atoms with van der Waals surface area (Å²) >= 11 is 7.09. The second-order valence-corrected chi connectivity index (χ2v) is 10.9. The molecule has 0 atom stereocenters. The van der Waals surface area contributed by atoms with Crippen LogP contribution in [0.25, 0.3) is 6.08 Å². The molecular weight excluding hydrogens is 526 g/mol. The second kappa shape index (κ2) is 9.53. The van der Waals surface area contributed by atoms with Crippen molar-refractivity contribution < 1.29 is 31.7 Å². The van der Waals surface area contributed by atoms with Crippen LogP contribution in [0.5, 0.6) is 17.2 Å². The average Bonchev–Trinajstić information content (AvgIpc) is 3.38. The maximum absolute atomic E-state index is 13.0. The molecule has 0 N–H and O–H groups in total. The first-order chi connectivity index (χ1) is 17.2. The third kappa shape index (κ3) is 4.92. The Morgan fingerprint density at radius 3 is 2.53 bits per heavy atom. The summed E-state index contributed by atoms with van der Waals surface area (Å²) in [6, 6.07) is 15.8. The fourth-order valence-electron chi connectivity index (χ4n) is 3.57. The van der Waals surface area contributed by atoms with E-state index in [0.717, 1.165) is 22.2 Å². The van der Waals surface area contributed by atoms with Crippen molar-refractivity contribution in [2.75, 3.05) is 6.79 Å². The maximum Gasteiger partial charge on any atom is 0.339 e. The van der Waals surface area contributed by atoms with E-state index in [-0.39, 0.29) is 28.9 Å². The quantitative estimate of drug-likeness (QED) is 0.302. The van der Waals surface area contributed by atoms with E-state index in [1.54, 1.807) is 36.4 Å². The molecule has 0 saturated carbocycles. The van der Waals surface area contributed by atoms with Gasteiger partial charge in [-0.1, -0.05) is 41.4 Å². The number of fused-ring (bicyclic) bond motifs is 1. The number of imide groups is 1. The molecule has 0 spiro atoms. The summed E-state index contributed by atoms with van der Waals surface area (Å²) in [6.07, 6.45) is 1.51. The zero-order valence-electron chi connectivity index (χ0n) is 18.8. The van der Waals surface area contributed by atoms with E-state index in [9.17, 15) is 18.0 Å². The maximum atomic E-state index is 13.0. The van der Waals surface area contributed by atoms with Gasteiger partial charge in [-0.2, -0.15) is 8.42 Å². The molecule has 184 valence electrons. The number of halogens is 1. The van der Waals surface area contributed by atoms with Crippen molar-refractivity contribution in [2.24, 2.45) is 0 Å². The van der Waals surface area contributed by atoms with Gasteiger partial charge in [-0.25, -0.2) is 0 Å². The molecule has 3 aromatic rings. The summed E-state index contributed by atoms with van der Waals surface area (Å²) in [5.74, 6) is 0.589. The molecule has 5 rings (SSSR count). The van der Waals surface area contributed by atoms with Crippen molar-refractivity contribution in [3.8, 4) is 17.2 Å². The van der Waals surface area contributed by atoms with Gasteiger partial charge in [-0.05, 0) is 66.2 Å². The summed E-state index contributed by atoms with van der Waals surface area (Å²) in [7, 11) is -4.03. The van der Waals surface area contributed by atoms with Gasteiger partial charge in [0, 0.05) is 11.1 Å². The van der Waals surface area contributed by atoms with Gasteiger partial charge < -0.3 is 13.7 Å². The van der Waals surface area contributed by atoms with Gasteiger partial charge in [0.1, 0.15) is 10.6 Å². The van der Waals surface area contributed by atoms with Crippen LogP contribution >= 0.6 is 23.4 Å². The molecule has 3 aromatic carbocycles. The number of amides is 2. The molecule has 0 aliphatic carbocycles. The summed E-state index contributed by atoms with van der Waals surface area (Å²) < 4.78 is 41.1. The van der Waals surface area contributed by atoms with Crippen molar-refractivity contribution in [3.63, 3.8) is 0 Å². The third-order valence-corrected chi connectivity index (χ3v) is 7.94. The van der Waals surface area contributed by atoms with E-state index in [2.05, 4.69) is 0 Å². The van der Waals surface area contributed by atoms with Gasteiger partial charge in [0.15, 0.2) is 11.5 Å². The van der Waals surface area contributed by atoms with Gasteiger partial charge >= 0.3 is 10.1 Å². The Morgan fingerprint density at radius 1 is 1.06 bits per heavy atom. The molecule has 8 nitrogen and oxygen atoms in total. The Hall–Kier alpha value is -3.47. The molecule has 2 aliphatic heterocycles. The van der Waals surface area contributed by atoms with Crippen molar-refractivity contribution in [2.45, 2.75) is 18.4 Å². The van der Waals surface area contributed by atoms with E-state index in [4.69, 9.17) is 25.3 Å². The van der Waals surface area contributed by atoms with Gasteiger partial charge in [0.05, 0.1) is 11.4 Å². The standard InChI is InChI=1S/C25H18ClNO7S2/c1-15-5-7-19(8-6-15)36(30,31)34-18-4-2-3-16(9-18)10-23-24(28)27(25(29)35-23)13-17-11-21-22(12-20(17)26)33-14-32-21/h2-12H,13-14H2,1H3/b23-10-. The van der Waals surface area contributed by atoms with Crippen molar-refractivity contribution in [1.29, 1.82) is 0 Å². The van der Waals surface area contributed by atoms with Gasteiger partial charge in [-0.3, -0.25) is 14.5 Å². The number of carbonyl (C=O) groups is 2. The van der Waals surface area contributed by atoms with E-state index >= 15 is 0 Å². The normalized spacial score (nSPS) is 16.2. The van der Waals surface area contributed by atoms with E-state index in [1.807, 2.05) is 6.92 Å². The zero-order valence-corrected chi connectivity index (χ0v) is 21.2. The molecule has 2 aliphatic rings. The summed E-state index contributed by atoms with van der Waals surface area (Å²) in [6.45, 7) is 1.90. The van der Waals surface area contributed by atoms with Crippen molar-refractivity contribution >= 4 is 50.7 Å². The molecule has 11 heteroatoms. The predicted octanol–water partition coefficient (Wildman–Crippen LogP) is 5.38. The molecule has 2 heterocycles. The highest BCUT2D eigenvalue weighted by atomic mass is 35.5. The number of aryl methyl sites for hydroxylation is 1. The summed E-state index contributed by atoms with van der Waals surface area (Å²) in [5.41, 5.74) is 1.96. The third-order valence-electron chi connectivity index (χ3n) is 5.42. The highest BCUT2D eigenvalue weighted by Crippen LogP contribution is 2.39. The number of nitrogens with zero attached hydrogens (tertiary/aromatic N) is 1. The number of hydrogen-bond acceptors (Lipinski definition) is 8. The molecule has 2 amide bonds. The molecule has 0 radical (unpaired) electrons. The van der Waals surface area contributed by atoms with Crippen LogP contribution < -0.4 is 13.7 Å². The fourth-order valence-corrected chi connectivity index (χ4v) is 5.55. The Kier molecular flexibility index (Phi) is 6.42. The molecule has 36 heavy (non-hydrogen) atoms. The smallest absolute Gasteiger partial charge is 0.339 e. The minimum atomic E-state index is -4.03. The SMILES string of the molecule is Cc1ccc(S(=O)(=O)Oc2cccc(/C=C3\SC(=O)N(Cc4cc5c(cc4Cl)OCO5)C3=O)c2)cc1. The lowest BCUT2D eigenvalue weighted by Crippen LogP contribution is -2.27. The lowest BCUT2D eigenvalue weighted by Gasteiger charge is -2.14. The Labute approximate surface area is 216 Å². The van der Waals surface area contributed by atoms with E-state index in [0.29, 0.717) is 27.6 Å². The molecular formula is C25H18ClNO7S2. The van der Waals surface area contributed by atoms with Gasteiger partial charge in [0.2, 0.25) is 6.79 Å². The molecule has 1 saturated heterocycles. The summed E-state index contributed by atoms with van der Waals surface area (Å²) in [4.78, 5) is 26.9. The highest BCUT2D eigenvalue weighted by molar-refractivity contribution is 8.18. The first kappa shape index (κ1) is 24.2. The first-order valence-corrected chi connectivity index (χ1v) is 13.2. The van der Waals surface area contributed by atoms with Crippen molar-refractivity contribution in [1.82, 2.24) is 4.90 Å². The number of hydrogen-bond donors (Lipinski definition) is 0. The Balaban J connectivity index is 1.34. The largest absolute Gasteiger partial charge is 0.454 e. The number of benzene rings is 3. The number of carbonyl (C=O) groups excluding carboxylic acids is 2. The monoisotopic (exact) mass is 543 g/mol. The van der Waals surface area contributed by atoms with Crippen LogP contribution in [0, 0.1) is 6.92 Å². The summed E-state index contributed by atoms with van der Waals surface area (Å²) in [5, 5.41) is -0.101. The van der Waals surface area contributed by atoms with Crippen LogP contribution in [-0.4, -0.2) is 31.3 Å². The highest BCUT2D eigenvalue weighted by Gasteiger charge is 2.35.